The maximum Gasteiger partial charge on any atom is 0.0668 e. The molecule has 0 radical (unpaired) electrons. The van der Waals surface area contributed by atoms with Crippen LogP contribution in [0.5, 0.6) is 0 Å². The third-order valence-electron chi connectivity index (χ3n) is 4.45. The third-order valence-corrected chi connectivity index (χ3v) is 6.70. The highest BCUT2D eigenvalue weighted by Gasteiger charge is 2.39. The fourth-order valence-electron chi connectivity index (χ4n) is 2.78. The molecule has 0 amide bonds. The minimum Gasteiger partial charge on any atom is -0.259 e. The Labute approximate surface area is 115 Å². The van der Waals surface area contributed by atoms with Crippen LogP contribution in [0.15, 0.2) is 0 Å². The number of nitrogens with zero attached hydrogens (tertiary/aromatic N) is 1. The van der Waals surface area contributed by atoms with E-state index in [1.54, 1.807) is 0 Å². The molecular formula is C15H27NOS. The Balaban J connectivity index is 2.84. The lowest BCUT2D eigenvalue weighted by Crippen LogP contribution is -2.39. The van der Waals surface area contributed by atoms with Crippen LogP contribution in [0.3, 0.4) is 0 Å². The summed E-state index contributed by atoms with van der Waals surface area (Å²) in [5.74, 6) is 0.596. The van der Waals surface area contributed by atoms with E-state index in [-0.39, 0.29) is 21.8 Å². The molecule has 0 aromatic carbocycles. The lowest BCUT2D eigenvalue weighted by molar-refractivity contribution is 0.167. The summed E-state index contributed by atoms with van der Waals surface area (Å²) in [6.45, 7) is 10.9. The van der Waals surface area contributed by atoms with Crippen molar-refractivity contribution in [3.63, 3.8) is 0 Å². The molecule has 5 atom stereocenters. The fraction of sp³-hybridized carbons (Fsp3) is 0.933. The van der Waals surface area contributed by atoms with E-state index in [1.807, 2.05) is 6.92 Å². The summed E-state index contributed by atoms with van der Waals surface area (Å²) >= 11 is 0. The third kappa shape index (κ3) is 3.57. The second-order valence-electron chi connectivity index (χ2n) is 6.70. The van der Waals surface area contributed by atoms with Gasteiger partial charge in [0.2, 0.25) is 0 Å². The van der Waals surface area contributed by atoms with Crippen molar-refractivity contribution in [2.45, 2.75) is 70.8 Å². The second kappa shape index (κ2) is 6.19. The molecule has 0 N–H and O–H groups in total. The van der Waals surface area contributed by atoms with E-state index in [1.165, 1.54) is 0 Å². The van der Waals surface area contributed by atoms with Crippen molar-refractivity contribution >= 4 is 10.8 Å². The minimum absolute atomic E-state index is 0.00145. The van der Waals surface area contributed by atoms with Gasteiger partial charge in [-0.05, 0) is 37.0 Å². The van der Waals surface area contributed by atoms with Crippen LogP contribution in [0.2, 0.25) is 0 Å². The van der Waals surface area contributed by atoms with Gasteiger partial charge < -0.3 is 0 Å². The van der Waals surface area contributed by atoms with E-state index < -0.39 is 10.8 Å². The summed E-state index contributed by atoms with van der Waals surface area (Å²) in [6.07, 6.45) is 3.92. The zero-order valence-corrected chi connectivity index (χ0v) is 13.2. The van der Waals surface area contributed by atoms with E-state index in [4.69, 9.17) is 0 Å². The minimum atomic E-state index is -0.859. The molecule has 0 aromatic heterocycles. The van der Waals surface area contributed by atoms with Crippen LogP contribution in [0, 0.1) is 28.6 Å². The summed E-state index contributed by atoms with van der Waals surface area (Å²) in [5, 5.41) is 9.57. The molecule has 1 fully saturated rings. The van der Waals surface area contributed by atoms with Crippen LogP contribution in [-0.2, 0) is 10.8 Å². The second-order valence-corrected chi connectivity index (χ2v) is 8.76. The van der Waals surface area contributed by atoms with Crippen molar-refractivity contribution in [2.75, 3.05) is 0 Å². The van der Waals surface area contributed by atoms with Gasteiger partial charge in [0, 0.05) is 16.0 Å². The average Bonchev–Trinajstić information content (AvgIpc) is 2.35. The number of rotatable bonds is 3. The van der Waals surface area contributed by atoms with Gasteiger partial charge in [0.1, 0.15) is 0 Å². The molecule has 18 heavy (non-hydrogen) atoms. The van der Waals surface area contributed by atoms with Crippen molar-refractivity contribution in [1.29, 1.82) is 5.26 Å². The number of hydrogen-bond acceptors (Lipinski definition) is 2. The first-order valence-corrected chi connectivity index (χ1v) is 8.37. The van der Waals surface area contributed by atoms with Gasteiger partial charge >= 0.3 is 0 Å². The molecule has 1 saturated carbocycles. The maximum absolute atomic E-state index is 12.5. The van der Waals surface area contributed by atoms with E-state index in [9.17, 15) is 9.47 Å². The summed E-state index contributed by atoms with van der Waals surface area (Å²) < 4.78 is 12.5. The highest BCUT2D eigenvalue weighted by atomic mass is 32.2. The van der Waals surface area contributed by atoms with Crippen molar-refractivity contribution in [3.8, 4) is 6.07 Å². The fourth-order valence-corrected chi connectivity index (χ4v) is 4.65. The largest absolute Gasteiger partial charge is 0.259 e. The zero-order chi connectivity index (χ0) is 13.9. The normalized spacial score (nSPS) is 32.6. The first-order valence-electron chi connectivity index (χ1n) is 7.10. The summed E-state index contributed by atoms with van der Waals surface area (Å²) in [4.78, 5) is 0. The lowest BCUT2D eigenvalue weighted by atomic mass is 9.70. The Hall–Kier alpha value is -0.360. The van der Waals surface area contributed by atoms with Gasteiger partial charge in [0.05, 0.1) is 17.2 Å². The molecule has 0 aromatic rings. The molecule has 0 heterocycles. The van der Waals surface area contributed by atoms with Gasteiger partial charge in [0.25, 0.3) is 0 Å². The summed E-state index contributed by atoms with van der Waals surface area (Å²) in [6, 6.07) is 2.39. The molecule has 104 valence electrons. The van der Waals surface area contributed by atoms with Crippen LogP contribution in [0.1, 0.15) is 60.3 Å². The van der Waals surface area contributed by atoms with Gasteiger partial charge in [-0.25, -0.2) is 0 Å². The molecule has 1 rings (SSSR count). The smallest absolute Gasteiger partial charge is 0.0668 e. The lowest BCUT2D eigenvalue weighted by Gasteiger charge is -2.40. The molecule has 0 saturated heterocycles. The molecule has 0 aliphatic heterocycles. The first-order chi connectivity index (χ1) is 8.31. The van der Waals surface area contributed by atoms with Crippen molar-refractivity contribution < 1.29 is 4.21 Å². The van der Waals surface area contributed by atoms with Gasteiger partial charge in [0.15, 0.2) is 0 Å². The van der Waals surface area contributed by atoms with Crippen LogP contribution in [-0.4, -0.2) is 14.7 Å². The van der Waals surface area contributed by atoms with Crippen molar-refractivity contribution in [3.05, 3.63) is 0 Å². The monoisotopic (exact) mass is 269 g/mol. The molecule has 0 spiro atoms. The number of hydrogen-bond donors (Lipinski definition) is 0. The van der Waals surface area contributed by atoms with Crippen LogP contribution in [0.4, 0.5) is 0 Å². The predicted octanol–water partition coefficient (Wildman–Crippen LogP) is 3.89. The standard InChI is InChI=1S/C15H27NOS/c1-6-11(2)18(17)14-9-13(15(3,4)5)8-7-12(14)10-16/h11-14H,6-9H2,1-5H3. The Morgan fingerprint density at radius 2 is 2.00 bits per heavy atom. The highest BCUT2D eigenvalue weighted by molar-refractivity contribution is 7.86. The quantitative estimate of drug-likeness (QED) is 0.780. The van der Waals surface area contributed by atoms with E-state index in [2.05, 4.69) is 33.8 Å². The molecule has 3 heteroatoms. The number of nitriles is 1. The van der Waals surface area contributed by atoms with Crippen LogP contribution >= 0.6 is 0 Å². The van der Waals surface area contributed by atoms with Crippen LogP contribution < -0.4 is 0 Å². The zero-order valence-electron chi connectivity index (χ0n) is 12.4. The molecule has 0 bridgehead atoms. The molecule has 2 nitrogen and oxygen atoms in total. The van der Waals surface area contributed by atoms with Gasteiger partial charge in [-0.15, -0.1) is 0 Å². The Bertz CT molecular complexity index is 339. The molecule has 1 aliphatic rings. The average molecular weight is 269 g/mol. The van der Waals surface area contributed by atoms with Gasteiger partial charge in [-0.3, -0.25) is 4.21 Å². The van der Waals surface area contributed by atoms with Crippen molar-refractivity contribution in [2.24, 2.45) is 17.3 Å². The first kappa shape index (κ1) is 15.7. The van der Waals surface area contributed by atoms with Crippen LogP contribution in [0.25, 0.3) is 0 Å². The topological polar surface area (TPSA) is 40.9 Å². The molecule has 5 unspecified atom stereocenters. The van der Waals surface area contributed by atoms with Crippen molar-refractivity contribution in [1.82, 2.24) is 0 Å². The van der Waals surface area contributed by atoms with E-state index in [0.29, 0.717) is 5.92 Å². The van der Waals surface area contributed by atoms with E-state index in [0.717, 1.165) is 25.7 Å². The molecule has 1 aliphatic carbocycles. The predicted molar refractivity (Wildman–Crippen MR) is 77.6 cm³/mol. The summed E-state index contributed by atoms with van der Waals surface area (Å²) in [5.41, 5.74) is 0.262. The Kier molecular flexibility index (Phi) is 5.40. The Morgan fingerprint density at radius 1 is 1.39 bits per heavy atom. The van der Waals surface area contributed by atoms with Gasteiger partial charge in [-0.1, -0.05) is 34.6 Å². The summed E-state index contributed by atoms with van der Waals surface area (Å²) in [7, 11) is -0.859. The Morgan fingerprint density at radius 3 is 2.44 bits per heavy atom. The highest BCUT2D eigenvalue weighted by Crippen LogP contribution is 2.42. The molecular weight excluding hydrogens is 242 g/mol. The van der Waals surface area contributed by atoms with E-state index >= 15 is 0 Å². The van der Waals surface area contributed by atoms with Gasteiger partial charge in [-0.2, -0.15) is 5.26 Å². The SMILES string of the molecule is CCC(C)S(=O)C1CC(C(C)(C)C)CCC1C#N. The maximum atomic E-state index is 12.5.